The molecule has 3 rings (SSSR count). The topological polar surface area (TPSA) is 67.4 Å². The first-order valence-electron chi connectivity index (χ1n) is 10.2. The van der Waals surface area contributed by atoms with E-state index in [0.29, 0.717) is 40.5 Å². The molecule has 0 atom stereocenters. The van der Waals surface area contributed by atoms with E-state index >= 15 is 0 Å². The van der Waals surface area contributed by atoms with E-state index in [0.717, 1.165) is 19.3 Å². The number of ether oxygens (including phenoxy) is 1. The average Bonchev–Trinajstić information content (AvgIpc) is 2.74. The molecule has 5 nitrogen and oxygen atoms in total. The largest absolute Gasteiger partial charge is 0.378 e. The van der Waals surface area contributed by atoms with Crippen molar-refractivity contribution in [1.82, 2.24) is 5.32 Å². The van der Waals surface area contributed by atoms with E-state index in [1.54, 1.807) is 36.4 Å². The summed E-state index contributed by atoms with van der Waals surface area (Å²) in [4.78, 5) is 25.2. The Kier molecular flexibility index (Phi) is 8.25. The van der Waals surface area contributed by atoms with Crippen LogP contribution in [0.25, 0.3) is 0 Å². The van der Waals surface area contributed by atoms with E-state index in [1.807, 2.05) is 12.1 Å². The lowest BCUT2D eigenvalue weighted by molar-refractivity contribution is 0.0273. The molecule has 2 aromatic carbocycles. The molecule has 1 aliphatic carbocycles. The molecule has 2 aromatic rings. The summed E-state index contributed by atoms with van der Waals surface area (Å²) in [5.41, 5.74) is 1.45. The first-order chi connectivity index (χ1) is 14.1. The molecule has 29 heavy (non-hydrogen) atoms. The van der Waals surface area contributed by atoms with Crippen LogP contribution in [-0.4, -0.2) is 31.1 Å². The van der Waals surface area contributed by atoms with Crippen LogP contribution in [0.1, 0.15) is 59.2 Å². The second-order valence-electron chi connectivity index (χ2n) is 7.22. The molecule has 2 N–H and O–H groups in total. The highest BCUT2D eigenvalue weighted by Gasteiger charge is 2.16. The summed E-state index contributed by atoms with van der Waals surface area (Å²) in [6.45, 7) is 1.20. The molecule has 154 valence electrons. The van der Waals surface area contributed by atoms with Crippen molar-refractivity contribution >= 4 is 33.4 Å². The smallest absolute Gasteiger partial charge is 0.256 e. The first kappa shape index (κ1) is 21.5. The predicted molar refractivity (Wildman–Crippen MR) is 118 cm³/mol. The lowest BCUT2D eigenvalue weighted by Gasteiger charge is -2.21. The molecule has 0 bridgehead atoms. The van der Waals surface area contributed by atoms with E-state index in [-0.39, 0.29) is 11.8 Å². The Morgan fingerprint density at radius 3 is 2.38 bits per heavy atom. The van der Waals surface area contributed by atoms with E-state index in [9.17, 15) is 9.59 Å². The van der Waals surface area contributed by atoms with Crippen molar-refractivity contribution in [2.75, 3.05) is 18.5 Å². The molecule has 0 saturated heterocycles. The molecular formula is C23H27BrN2O3. The van der Waals surface area contributed by atoms with Gasteiger partial charge < -0.3 is 15.4 Å². The predicted octanol–water partition coefficient (Wildman–Crippen LogP) is 5.17. The maximum absolute atomic E-state index is 12.6. The van der Waals surface area contributed by atoms with Gasteiger partial charge in [-0.2, -0.15) is 0 Å². The normalized spacial score (nSPS) is 14.4. The highest BCUT2D eigenvalue weighted by molar-refractivity contribution is 9.10. The van der Waals surface area contributed by atoms with Crippen molar-refractivity contribution in [1.29, 1.82) is 0 Å². The van der Waals surface area contributed by atoms with Crippen LogP contribution in [0.5, 0.6) is 0 Å². The van der Waals surface area contributed by atoms with Crippen molar-refractivity contribution < 1.29 is 14.3 Å². The fraction of sp³-hybridized carbons (Fsp3) is 0.391. The van der Waals surface area contributed by atoms with Crippen molar-refractivity contribution in [3.63, 3.8) is 0 Å². The molecule has 2 amide bonds. The number of carbonyl (C=O) groups excluding carboxylic acids is 2. The Morgan fingerprint density at radius 1 is 0.931 bits per heavy atom. The Balaban J connectivity index is 1.50. The Labute approximate surface area is 180 Å². The monoisotopic (exact) mass is 458 g/mol. The van der Waals surface area contributed by atoms with Gasteiger partial charge in [0.1, 0.15) is 0 Å². The van der Waals surface area contributed by atoms with Crippen LogP contribution in [0.2, 0.25) is 0 Å². The van der Waals surface area contributed by atoms with Crippen LogP contribution in [0.15, 0.2) is 53.0 Å². The third-order valence-electron chi connectivity index (χ3n) is 5.05. The van der Waals surface area contributed by atoms with E-state index in [4.69, 9.17) is 4.74 Å². The van der Waals surface area contributed by atoms with Gasteiger partial charge in [0, 0.05) is 17.6 Å². The van der Waals surface area contributed by atoms with Gasteiger partial charge in [-0.1, -0.05) is 43.5 Å². The molecule has 1 aliphatic rings. The minimum Gasteiger partial charge on any atom is -0.378 e. The highest BCUT2D eigenvalue weighted by atomic mass is 79.9. The summed E-state index contributed by atoms with van der Waals surface area (Å²) in [5.74, 6) is -0.468. The quantitative estimate of drug-likeness (QED) is 0.536. The minimum atomic E-state index is -0.265. The second-order valence-corrected chi connectivity index (χ2v) is 8.07. The molecule has 1 saturated carbocycles. The molecule has 0 spiro atoms. The zero-order chi connectivity index (χ0) is 20.5. The Hall–Kier alpha value is -2.18. The van der Waals surface area contributed by atoms with Crippen LogP contribution >= 0.6 is 15.9 Å². The summed E-state index contributed by atoms with van der Waals surface area (Å²) in [5, 5.41) is 5.76. The van der Waals surface area contributed by atoms with Crippen LogP contribution in [0, 0.1) is 0 Å². The van der Waals surface area contributed by atoms with Gasteiger partial charge in [-0.25, -0.2) is 0 Å². The Morgan fingerprint density at radius 2 is 1.62 bits per heavy atom. The van der Waals surface area contributed by atoms with Crippen molar-refractivity contribution in [2.45, 2.75) is 44.6 Å². The number of para-hydroxylation sites is 1. The zero-order valence-electron chi connectivity index (χ0n) is 16.5. The van der Waals surface area contributed by atoms with E-state index in [1.165, 1.54) is 19.3 Å². The SMILES string of the molecule is O=C(Nc1ccccc1C(=O)NCCCOC1CCCCC1)c1ccccc1Br. The Bertz CT molecular complexity index is 834. The van der Waals surface area contributed by atoms with Gasteiger partial charge in [0.05, 0.1) is 22.9 Å². The average molecular weight is 459 g/mol. The summed E-state index contributed by atoms with van der Waals surface area (Å²) >= 11 is 3.38. The number of rotatable bonds is 8. The van der Waals surface area contributed by atoms with Gasteiger partial charge in [0.25, 0.3) is 11.8 Å². The molecule has 0 heterocycles. The molecule has 0 unspecified atom stereocenters. The number of hydrogen-bond donors (Lipinski definition) is 2. The number of halogens is 1. The molecule has 0 radical (unpaired) electrons. The van der Waals surface area contributed by atoms with Crippen LogP contribution in [-0.2, 0) is 4.74 Å². The van der Waals surface area contributed by atoms with Gasteiger partial charge >= 0.3 is 0 Å². The maximum Gasteiger partial charge on any atom is 0.256 e. The van der Waals surface area contributed by atoms with Crippen LogP contribution < -0.4 is 10.6 Å². The number of anilines is 1. The summed E-state index contributed by atoms with van der Waals surface area (Å²) in [6.07, 6.45) is 7.27. The minimum absolute atomic E-state index is 0.203. The summed E-state index contributed by atoms with van der Waals surface area (Å²) in [7, 11) is 0. The number of carbonyl (C=O) groups is 2. The van der Waals surface area contributed by atoms with Crippen molar-refractivity contribution in [3.8, 4) is 0 Å². The van der Waals surface area contributed by atoms with Gasteiger partial charge in [-0.15, -0.1) is 0 Å². The number of amides is 2. The maximum atomic E-state index is 12.6. The highest BCUT2D eigenvalue weighted by Crippen LogP contribution is 2.21. The van der Waals surface area contributed by atoms with Gasteiger partial charge in [-0.3, -0.25) is 9.59 Å². The molecule has 0 aliphatic heterocycles. The lowest BCUT2D eigenvalue weighted by atomic mass is 9.98. The van der Waals surface area contributed by atoms with E-state index < -0.39 is 0 Å². The third-order valence-corrected chi connectivity index (χ3v) is 5.74. The lowest BCUT2D eigenvalue weighted by Crippen LogP contribution is -2.27. The van der Waals surface area contributed by atoms with Crippen molar-refractivity contribution in [3.05, 3.63) is 64.1 Å². The standard InChI is InChI=1S/C23H27BrN2O3/c24-20-13-6-4-11-18(20)23(28)26-21-14-7-5-12-19(21)22(27)25-15-8-16-29-17-9-2-1-3-10-17/h4-7,11-14,17H,1-3,8-10,15-16H2,(H,25,27)(H,26,28). The fourth-order valence-corrected chi connectivity index (χ4v) is 3.94. The number of benzene rings is 2. The molecule has 0 aromatic heterocycles. The van der Waals surface area contributed by atoms with Crippen LogP contribution in [0.3, 0.4) is 0 Å². The third kappa shape index (κ3) is 6.41. The summed E-state index contributed by atoms with van der Waals surface area (Å²) in [6, 6.07) is 14.2. The number of hydrogen-bond acceptors (Lipinski definition) is 3. The summed E-state index contributed by atoms with van der Waals surface area (Å²) < 4.78 is 6.60. The van der Waals surface area contributed by atoms with Crippen molar-refractivity contribution in [2.24, 2.45) is 0 Å². The van der Waals surface area contributed by atoms with E-state index in [2.05, 4.69) is 26.6 Å². The fourth-order valence-electron chi connectivity index (χ4n) is 3.48. The molecule has 6 heteroatoms. The first-order valence-corrected chi connectivity index (χ1v) is 11.0. The second kappa shape index (κ2) is 11.1. The molecule has 1 fully saturated rings. The molecular weight excluding hydrogens is 432 g/mol. The van der Waals surface area contributed by atoms with Gasteiger partial charge in [-0.05, 0) is 59.5 Å². The van der Waals surface area contributed by atoms with Crippen LogP contribution in [0.4, 0.5) is 5.69 Å². The zero-order valence-corrected chi connectivity index (χ0v) is 18.0. The van der Waals surface area contributed by atoms with Gasteiger partial charge in [0.15, 0.2) is 0 Å². The number of nitrogens with one attached hydrogen (secondary N) is 2. The van der Waals surface area contributed by atoms with Gasteiger partial charge in [0.2, 0.25) is 0 Å².